The maximum atomic E-state index is 4.63. The molecule has 0 bridgehead atoms. The van der Waals surface area contributed by atoms with Gasteiger partial charge in [-0.2, -0.15) is 0 Å². The monoisotopic (exact) mass is 302 g/mol. The van der Waals surface area contributed by atoms with Crippen LogP contribution in [-0.4, -0.2) is 17.1 Å². The summed E-state index contributed by atoms with van der Waals surface area (Å²) in [5.74, 6) is 0.464. The third kappa shape index (κ3) is 5.25. The van der Waals surface area contributed by atoms with E-state index in [2.05, 4.69) is 74.6 Å². The normalized spacial score (nSPS) is 13.4. The van der Waals surface area contributed by atoms with Crippen LogP contribution in [0.15, 0.2) is 29.6 Å². The molecule has 2 rings (SSSR count). The summed E-state index contributed by atoms with van der Waals surface area (Å²) in [6, 6.07) is 8.85. The van der Waals surface area contributed by atoms with Gasteiger partial charge in [0.15, 0.2) is 0 Å². The molecule has 2 aromatic rings. The van der Waals surface area contributed by atoms with Crippen LogP contribution in [0.5, 0.6) is 0 Å². The fraction of sp³-hybridized carbons (Fsp3) is 0.500. The minimum Gasteiger partial charge on any atom is -0.311 e. The standard InChI is InChI=1S/C18H26N2S/c1-13-7-6-8-15(9-13)16(11-19-18(3,4)5)10-17-12-21-14(2)20-17/h6-9,12,16,19H,10-11H2,1-5H3. The van der Waals surface area contributed by atoms with Gasteiger partial charge in [0.05, 0.1) is 10.7 Å². The minimum atomic E-state index is 0.139. The molecule has 0 saturated carbocycles. The first-order chi connectivity index (χ1) is 9.83. The van der Waals surface area contributed by atoms with Crippen LogP contribution >= 0.6 is 11.3 Å². The maximum absolute atomic E-state index is 4.63. The first kappa shape index (κ1) is 16.2. The van der Waals surface area contributed by atoms with Crippen molar-refractivity contribution in [2.75, 3.05) is 6.54 Å². The van der Waals surface area contributed by atoms with E-state index in [1.54, 1.807) is 11.3 Å². The Morgan fingerprint density at radius 2 is 2.00 bits per heavy atom. The zero-order valence-corrected chi connectivity index (χ0v) is 14.6. The molecular formula is C18H26N2S. The Hall–Kier alpha value is -1.19. The van der Waals surface area contributed by atoms with Crippen molar-refractivity contribution in [2.45, 2.75) is 52.5 Å². The summed E-state index contributed by atoms with van der Waals surface area (Å²) in [5, 5.41) is 6.98. The molecule has 0 aliphatic heterocycles. The van der Waals surface area contributed by atoms with Gasteiger partial charge in [0.2, 0.25) is 0 Å². The second-order valence-electron chi connectivity index (χ2n) is 6.80. The van der Waals surface area contributed by atoms with E-state index in [-0.39, 0.29) is 5.54 Å². The lowest BCUT2D eigenvalue weighted by Crippen LogP contribution is -2.39. The van der Waals surface area contributed by atoms with Crippen molar-refractivity contribution in [1.82, 2.24) is 10.3 Å². The highest BCUT2D eigenvalue weighted by molar-refractivity contribution is 7.09. The fourth-order valence-electron chi connectivity index (χ4n) is 2.42. The van der Waals surface area contributed by atoms with Crippen molar-refractivity contribution in [3.63, 3.8) is 0 Å². The molecule has 2 nitrogen and oxygen atoms in total. The Labute approximate surface area is 132 Å². The van der Waals surface area contributed by atoms with Crippen LogP contribution in [0.4, 0.5) is 0 Å². The van der Waals surface area contributed by atoms with Crippen LogP contribution in [0, 0.1) is 13.8 Å². The van der Waals surface area contributed by atoms with Gasteiger partial charge in [0.25, 0.3) is 0 Å². The molecule has 3 heteroatoms. The van der Waals surface area contributed by atoms with Crippen molar-refractivity contribution in [3.05, 3.63) is 51.5 Å². The van der Waals surface area contributed by atoms with Crippen molar-refractivity contribution in [2.24, 2.45) is 0 Å². The Bertz CT molecular complexity index is 581. The van der Waals surface area contributed by atoms with Gasteiger partial charge >= 0.3 is 0 Å². The summed E-state index contributed by atoms with van der Waals surface area (Å²) in [6.07, 6.45) is 0.997. The molecule has 0 aliphatic rings. The molecular weight excluding hydrogens is 276 g/mol. The molecule has 0 spiro atoms. The molecule has 1 heterocycles. The van der Waals surface area contributed by atoms with Gasteiger partial charge in [-0.05, 0) is 46.6 Å². The summed E-state index contributed by atoms with van der Waals surface area (Å²) < 4.78 is 0. The molecule has 21 heavy (non-hydrogen) atoms. The summed E-state index contributed by atoms with van der Waals surface area (Å²) in [5.41, 5.74) is 4.07. The summed E-state index contributed by atoms with van der Waals surface area (Å²) in [6.45, 7) is 11.9. The number of hydrogen-bond donors (Lipinski definition) is 1. The van der Waals surface area contributed by atoms with Crippen LogP contribution in [0.2, 0.25) is 0 Å². The van der Waals surface area contributed by atoms with E-state index in [9.17, 15) is 0 Å². The number of nitrogens with zero attached hydrogens (tertiary/aromatic N) is 1. The molecule has 0 amide bonds. The first-order valence-electron chi connectivity index (χ1n) is 7.56. The lowest BCUT2D eigenvalue weighted by molar-refractivity contribution is 0.404. The second-order valence-corrected chi connectivity index (χ2v) is 7.87. The van der Waals surface area contributed by atoms with E-state index >= 15 is 0 Å². The van der Waals surface area contributed by atoms with Crippen molar-refractivity contribution >= 4 is 11.3 Å². The number of rotatable bonds is 5. The topological polar surface area (TPSA) is 24.9 Å². The largest absolute Gasteiger partial charge is 0.311 e. The smallest absolute Gasteiger partial charge is 0.0897 e. The van der Waals surface area contributed by atoms with Gasteiger partial charge in [-0.1, -0.05) is 29.8 Å². The quantitative estimate of drug-likeness (QED) is 0.881. The number of nitrogens with one attached hydrogen (secondary N) is 1. The molecule has 114 valence electrons. The molecule has 1 N–H and O–H groups in total. The average Bonchev–Trinajstić information content (AvgIpc) is 2.79. The van der Waals surface area contributed by atoms with E-state index in [1.165, 1.54) is 16.8 Å². The third-order valence-corrected chi connectivity index (χ3v) is 4.34. The SMILES string of the molecule is Cc1cccc(C(CNC(C)(C)C)Cc2csc(C)n2)c1. The van der Waals surface area contributed by atoms with E-state index in [1.807, 2.05) is 0 Å². The zero-order valence-electron chi connectivity index (χ0n) is 13.7. The van der Waals surface area contributed by atoms with Gasteiger partial charge in [-0.15, -0.1) is 11.3 Å². The van der Waals surface area contributed by atoms with Gasteiger partial charge < -0.3 is 5.32 Å². The Morgan fingerprint density at radius 3 is 2.57 bits per heavy atom. The number of benzene rings is 1. The molecule has 0 aliphatic carbocycles. The number of aromatic nitrogens is 1. The van der Waals surface area contributed by atoms with E-state index < -0.39 is 0 Å². The third-order valence-electron chi connectivity index (χ3n) is 3.51. The first-order valence-corrected chi connectivity index (χ1v) is 8.44. The summed E-state index contributed by atoms with van der Waals surface area (Å²) in [7, 11) is 0. The van der Waals surface area contributed by atoms with Crippen LogP contribution in [0.3, 0.4) is 0 Å². The van der Waals surface area contributed by atoms with Gasteiger partial charge in [-0.25, -0.2) is 4.98 Å². The highest BCUT2D eigenvalue weighted by atomic mass is 32.1. The van der Waals surface area contributed by atoms with E-state index in [0.29, 0.717) is 5.92 Å². The molecule has 1 atom stereocenters. The van der Waals surface area contributed by atoms with Crippen LogP contribution in [-0.2, 0) is 6.42 Å². The molecule has 1 aromatic heterocycles. The van der Waals surface area contributed by atoms with Gasteiger partial charge in [-0.3, -0.25) is 0 Å². The predicted molar refractivity (Wildman–Crippen MR) is 92.2 cm³/mol. The Kier molecular flexibility index (Phi) is 5.17. The molecule has 0 saturated heterocycles. The molecule has 0 radical (unpaired) electrons. The summed E-state index contributed by atoms with van der Waals surface area (Å²) >= 11 is 1.74. The molecule has 1 unspecified atom stereocenters. The fourth-order valence-corrected chi connectivity index (χ4v) is 3.04. The van der Waals surface area contributed by atoms with Gasteiger partial charge in [0, 0.05) is 23.4 Å². The van der Waals surface area contributed by atoms with Crippen LogP contribution in [0.25, 0.3) is 0 Å². The van der Waals surface area contributed by atoms with Crippen molar-refractivity contribution < 1.29 is 0 Å². The summed E-state index contributed by atoms with van der Waals surface area (Å²) in [4.78, 5) is 4.63. The molecule has 0 fully saturated rings. The van der Waals surface area contributed by atoms with Gasteiger partial charge in [0.1, 0.15) is 0 Å². The van der Waals surface area contributed by atoms with Crippen molar-refractivity contribution in [3.8, 4) is 0 Å². The predicted octanol–water partition coefficient (Wildman–Crippen LogP) is 4.47. The lowest BCUT2D eigenvalue weighted by atomic mass is 9.92. The Balaban J connectivity index is 2.17. The number of aryl methyl sites for hydroxylation is 2. The van der Waals surface area contributed by atoms with Crippen molar-refractivity contribution in [1.29, 1.82) is 0 Å². The van der Waals surface area contributed by atoms with E-state index in [4.69, 9.17) is 0 Å². The zero-order chi connectivity index (χ0) is 15.5. The van der Waals surface area contributed by atoms with Crippen LogP contribution in [0.1, 0.15) is 48.5 Å². The highest BCUT2D eigenvalue weighted by Crippen LogP contribution is 2.23. The highest BCUT2D eigenvalue weighted by Gasteiger charge is 2.17. The average molecular weight is 302 g/mol. The maximum Gasteiger partial charge on any atom is 0.0897 e. The minimum absolute atomic E-state index is 0.139. The molecule has 1 aromatic carbocycles. The lowest BCUT2D eigenvalue weighted by Gasteiger charge is -2.25. The number of hydrogen-bond acceptors (Lipinski definition) is 3. The number of thiazole rings is 1. The second kappa shape index (κ2) is 6.71. The van der Waals surface area contributed by atoms with Crippen LogP contribution < -0.4 is 5.32 Å². The van der Waals surface area contributed by atoms with E-state index in [0.717, 1.165) is 18.0 Å². The Morgan fingerprint density at radius 1 is 1.24 bits per heavy atom.